The quantitative estimate of drug-likeness (QED) is 0.300. The number of nitrogens with zero attached hydrogens (tertiary/aromatic N) is 4. The molecule has 0 bridgehead atoms. The second-order valence-electron chi connectivity index (χ2n) is 15.5. The molecule has 0 aromatic heterocycles. The molecule has 2 amide bonds. The van der Waals surface area contributed by atoms with Gasteiger partial charge in [-0.15, -0.1) is 0 Å². The molecule has 1 unspecified atom stereocenters. The lowest BCUT2D eigenvalue weighted by molar-refractivity contribution is -0.137. The normalized spacial score (nSPS) is 26.8. The van der Waals surface area contributed by atoms with Gasteiger partial charge in [0.2, 0.25) is 11.8 Å². The molecule has 1 aliphatic carbocycles. The van der Waals surface area contributed by atoms with Crippen LogP contribution in [0.2, 0.25) is 0 Å². The zero-order chi connectivity index (χ0) is 35.7. The highest BCUT2D eigenvalue weighted by Crippen LogP contribution is 2.44. The highest BCUT2D eigenvalue weighted by Gasteiger charge is 2.46. The van der Waals surface area contributed by atoms with Crippen molar-refractivity contribution in [3.63, 3.8) is 0 Å². The minimum absolute atomic E-state index is 0.0510. The van der Waals surface area contributed by atoms with Crippen LogP contribution >= 0.6 is 0 Å². The van der Waals surface area contributed by atoms with E-state index in [9.17, 15) is 22.8 Å². The van der Waals surface area contributed by atoms with Gasteiger partial charge in [-0.05, 0) is 73.9 Å². The van der Waals surface area contributed by atoms with E-state index in [1.807, 2.05) is 26.8 Å². The number of carbonyl (C=O) groups is 2. The molecule has 0 spiro atoms. The first-order chi connectivity index (χ1) is 24.6. The van der Waals surface area contributed by atoms with Gasteiger partial charge in [0.1, 0.15) is 5.75 Å². The van der Waals surface area contributed by atoms with Crippen LogP contribution < -0.4 is 9.64 Å². The highest BCUT2D eigenvalue weighted by atomic mass is 19.4. The van der Waals surface area contributed by atoms with Gasteiger partial charge >= 0.3 is 6.18 Å². The number of anilines is 1. The van der Waals surface area contributed by atoms with Gasteiger partial charge in [-0.25, -0.2) is 0 Å². The minimum atomic E-state index is -4.48. The van der Waals surface area contributed by atoms with E-state index in [4.69, 9.17) is 9.47 Å². The first-order valence-corrected chi connectivity index (χ1v) is 19.0. The lowest BCUT2D eigenvalue weighted by atomic mass is 9.86. The first kappa shape index (κ1) is 36.1. The maximum absolute atomic E-state index is 14.7. The molecule has 4 heterocycles. The van der Waals surface area contributed by atoms with Crippen LogP contribution in [0.5, 0.6) is 5.75 Å². The van der Waals surface area contributed by atoms with Crippen LogP contribution in [0.25, 0.3) is 0 Å². The summed E-state index contributed by atoms with van der Waals surface area (Å²) in [5, 5.41) is 0. The number of methoxy groups -OCH3 is 2. The van der Waals surface area contributed by atoms with Gasteiger partial charge in [-0.3, -0.25) is 14.5 Å². The van der Waals surface area contributed by atoms with Crippen molar-refractivity contribution in [3.8, 4) is 5.75 Å². The Hall–Kier alpha value is -3.31. The molecule has 5 fully saturated rings. The Bertz CT molecular complexity index is 1520. The molecular formula is C40H53F3N4O4. The molecule has 51 heavy (non-hydrogen) atoms. The van der Waals surface area contributed by atoms with Gasteiger partial charge in [0.25, 0.3) is 0 Å². The van der Waals surface area contributed by atoms with E-state index in [0.29, 0.717) is 63.9 Å². The zero-order valence-corrected chi connectivity index (χ0v) is 30.1. The van der Waals surface area contributed by atoms with Crippen LogP contribution in [0.1, 0.15) is 79.9 Å². The average molecular weight is 711 g/mol. The van der Waals surface area contributed by atoms with Crippen molar-refractivity contribution in [1.29, 1.82) is 0 Å². The number of ether oxygens (including phenoxy) is 2. The van der Waals surface area contributed by atoms with E-state index in [2.05, 4.69) is 17.0 Å². The molecule has 4 atom stereocenters. The fraction of sp³-hybridized carbons (Fsp3) is 0.650. The molecule has 2 aromatic rings. The van der Waals surface area contributed by atoms with Crippen molar-refractivity contribution in [2.24, 2.45) is 17.8 Å². The molecule has 11 heteroatoms. The summed E-state index contributed by atoms with van der Waals surface area (Å²) in [6.45, 7) is 5.53. The van der Waals surface area contributed by atoms with Crippen molar-refractivity contribution < 1.29 is 32.2 Å². The number of alkyl halides is 3. The SMILES string of the molecule is COC[C@H]1CN(C(=O)[C@@H]2CN(C3CCCC3)C[C@H]2c2ccc(OC)cc2)CC1c1ccc(C(F)(F)F)cc1N1CCC(C(=O)N2CCCC2)CC1. The number of rotatable bonds is 9. The van der Waals surface area contributed by atoms with E-state index in [1.54, 1.807) is 20.3 Å². The van der Waals surface area contributed by atoms with Crippen LogP contribution in [-0.2, 0) is 20.5 Å². The van der Waals surface area contributed by atoms with E-state index >= 15 is 0 Å². The van der Waals surface area contributed by atoms with Crippen molar-refractivity contribution in [3.05, 3.63) is 59.2 Å². The van der Waals surface area contributed by atoms with E-state index in [0.717, 1.165) is 62.2 Å². The van der Waals surface area contributed by atoms with Crippen molar-refractivity contribution in [2.45, 2.75) is 75.4 Å². The molecule has 4 aliphatic heterocycles. The fourth-order valence-corrected chi connectivity index (χ4v) is 9.73. The van der Waals surface area contributed by atoms with Gasteiger partial charge in [0.05, 0.1) is 25.2 Å². The molecule has 278 valence electrons. The van der Waals surface area contributed by atoms with Gasteiger partial charge in [0, 0.05) is 94.9 Å². The molecular weight excluding hydrogens is 657 g/mol. The van der Waals surface area contributed by atoms with Gasteiger partial charge in [0.15, 0.2) is 0 Å². The first-order valence-electron chi connectivity index (χ1n) is 19.0. The Morgan fingerprint density at radius 3 is 2.12 bits per heavy atom. The number of benzene rings is 2. The Morgan fingerprint density at radius 2 is 1.47 bits per heavy atom. The van der Waals surface area contributed by atoms with Crippen molar-refractivity contribution in [1.82, 2.24) is 14.7 Å². The fourth-order valence-electron chi connectivity index (χ4n) is 9.73. The number of hydrogen-bond donors (Lipinski definition) is 0. The summed E-state index contributed by atoms with van der Waals surface area (Å²) < 4.78 is 53.5. The summed E-state index contributed by atoms with van der Waals surface area (Å²) in [7, 11) is 3.30. The van der Waals surface area contributed by atoms with Gasteiger partial charge in [-0.1, -0.05) is 31.0 Å². The number of amides is 2. The van der Waals surface area contributed by atoms with E-state index in [1.165, 1.54) is 25.0 Å². The summed E-state index contributed by atoms with van der Waals surface area (Å²) in [5.41, 5.74) is 1.86. The third-order valence-corrected chi connectivity index (χ3v) is 12.5. The summed E-state index contributed by atoms with van der Waals surface area (Å²) in [6, 6.07) is 12.7. The Morgan fingerprint density at radius 1 is 0.765 bits per heavy atom. The predicted octanol–water partition coefficient (Wildman–Crippen LogP) is 6.40. The number of halogens is 3. The predicted molar refractivity (Wildman–Crippen MR) is 190 cm³/mol. The smallest absolute Gasteiger partial charge is 0.416 e. The van der Waals surface area contributed by atoms with Gasteiger partial charge < -0.3 is 24.2 Å². The van der Waals surface area contributed by atoms with E-state index in [-0.39, 0.29) is 41.4 Å². The molecule has 4 saturated heterocycles. The molecule has 8 nitrogen and oxygen atoms in total. The molecule has 0 N–H and O–H groups in total. The van der Waals surface area contributed by atoms with Crippen LogP contribution in [0.3, 0.4) is 0 Å². The lowest BCUT2D eigenvalue weighted by Crippen LogP contribution is -2.42. The van der Waals surface area contributed by atoms with E-state index < -0.39 is 11.7 Å². The molecule has 2 aromatic carbocycles. The zero-order valence-electron chi connectivity index (χ0n) is 30.1. The van der Waals surface area contributed by atoms with Crippen LogP contribution in [0.15, 0.2) is 42.5 Å². The Kier molecular flexibility index (Phi) is 10.9. The summed E-state index contributed by atoms with van der Waals surface area (Å²) in [6.07, 6.45) is 3.60. The maximum Gasteiger partial charge on any atom is 0.416 e. The number of piperidine rings is 1. The van der Waals surface area contributed by atoms with Gasteiger partial charge in [-0.2, -0.15) is 13.2 Å². The molecule has 0 radical (unpaired) electrons. The summed E-state index contributed by atoms with van der Waals surface area (Å²) >= 11 is 0. The summed E-state index contributed by atoms with van der Waals surface area (Å²) in [4.78, 5) is 36.3. The number of carbonyl (C=O) groups excluding carboxylic acids is 2. The summed E-state index contributed by atoms with van der Waals surface area (Å²) in [5.74, 6) is 0.602. The maximum atomic E-state index is 14.7. The monoisotopic (exact) mass is 710 g/mol. The van der Waals surface area contributed by atoms with Crippen LogP contribution in [-0.4, -0.2) is 106 Å². The Labute approximate surface area is 300 Å². The third-order valence-electron chi connectivity index (χ3n) is 12.5. The topological polar surface area (TPSA) is 65.6 Å². The molecule has 7 rings (SSSR count). The average Bonchev–Trinajstić information content (AvgIpc) is 3.98. The Balaban J connectivity index is 1.14. The second-order valence-corrected chi connectivity index (χ2v) is 15.5. The number of likely N-dealkylation sites (tertiary alicyclic amines) is 3. The minimum Gasteiger partial charge on any atom is -0.497 e. The standard InChI is InChI=1S/C40H53F3N4O4/c1-50-26-29-22-47(39(49)36-25-46(31-7-3-4-8-31)23-34(36)27-9-12-32(51-2)13-10-27)24-35(29)33-14-11-30(40(41,42)43)21-37(33)44-19-15-28(16-20-44)38(48)45-17-5-6-18-45/h9-14,21,28-29,31,34-36H,3-8,15-20,22-26H2,1-2H3/t29-,34+,35?,36-/m1/s1. The largest absolute Gasteiger partial charge is 0.497 e. The molecule has 1 saturated carbocycles. The lowest BCUT2D eigenvalue weighted by Gasteiger charge is -2.37. The van der Waals surface area contributed by atoms with Crippen LogP contribution in [0.4, 0.5) is 18.9 Å². The highest BCUT2D eigenvalue weighted by molar-refractivity contribution is 5.81. The van der Waals surface area contributed by atoms with Crippen molar-refractivity contribution >= 4 is 17.5 Å². The third kappa shape index (κ3) is 7.61. The molecule has 5 aliphatic rings. The van der Waals surface area contributed by atoms with Crippen molar-refractivity contribution in [2.75, 3.05) is 78.1 Å². The number of hydrogen-bond acceptors (Lipinski definition) is 6. The van der Waals surface area contributed by atoms with Crippen LogP contribution in [0, 0.1) is 17.8 Å². The second kappa shape index (κ2) is 15.3.